The first-order valence-electron chi connectivity index (χ1n) is 6.03. The van der Waals surface area contributed by atoms with Gasteiger partial charge in [-0.1, -0.05) is 6.92 Å². The SMILES string of the molecule is CCCNc1cnccc1C(=O)NCCOC(N)=O. The van der Waals surface area contributed by atoms with Crippen LogP contribution in [0.2, 0.25) is 0 Å². The maximum absolute atomic E-state index is 11.9. The number of rotatable bonds is 7. The third-order valence-corrected chi connectivity index (χ3v) is 2.26. The summed E-state index contributed by atoms with van der Waals surface area (Å²) in [6.07, 6.45) is 3.24. The molecule has 1 rings (SSSR count). The van der Waals surface area contributed by atoms with Crippen molar-refractivity contribution in [3.8, 4) is 0 Å². The topological polar surface area (TPSA) is 106 Å². The van der Waals surface area contributed by atoms with E-state index in [-0.39, 0.29) is 19.1 Å². The lowest BCUT2D eigenvalue weighted by Crippen LogP contribution is -2.29. The number of pyridine rings is 1. The lowest BCUT2D eigenvalue weighted by Gasteiger charge is -2.11. The molecule has 0 radical (unpaired) electrons. The second-order valence-corrected chi connectivity index (χ2v) is 3.77. The molecule has 0 aliphatic heterocycles. The van der Waals surface area contributed by atoms with Crippen molar-refractivity contribution in [3.63, 3.8) is 0 Å². The molecule has 0 spiro atoms. The van der Waals surface area contributed by atoms with E-state index in [2.05, 4.69) is 20.4 Å². The number of ether oxygens (including phenoxy) is 1. The molecule has 0 aliphatic carbocycles. The van der Waals surface area contributed by atoms with Crippen molar-refractivity contribution in [1.82, 2.24) is 10.3 Å². The lowest BCUT2D eigenvalue weighted by atomic mass is 10.2. The normalized spacial score (nSPS) is 9.74. The lowest BCUT2D eigenvalue weighted by molar-refractivity contribution is 0.0937. The van der Waals surface area contributed by atoms with Gasteiger partial charge in [0, 0.05) is 12.7 Å². The fourth-order valence-corrected chi connectivity index (χ4v) is 1.40. The molecule has 1 aromatic heterocycles. The molecule has 1 aromatic rings. The average Bonchev–Trinajstić information content (AvgIpc) is 2.41. The van der Waals surface area contributed by atoms with E-state index >= 15 is 0 Å². The Bertz CT molecular complexity index is 437. The van der Waals surface area contributed by atoms with Gasteiger partial charge >= 0.3 is 6.09 Å². The van der Waals surface area contributed by atoms with E-state index in [1.807, 2.05) is 6.92 Å². The summed E-state index contributed by atoms with van der Waals surface area (Å²) in [6, 6.07) is 1.63. The number of aromatic nitrogens is 1. The predicted octanol–water partition coefficient (Wildman–Crippen LogP) is 0.729. The van der Waals surface area contributed by atoms with Crippen LogP contribution in [0.15, 0.2) is 18.5 Å². The van der Waals surface area contributed by atoms with Crippen LogP contribution in [-0.2, 0) is 4.74 Å². The van der Waals surface area contributed by atoms with Gasteiger partial charge in [-0.3, -0.25) is 9.78 Å². The van der Waals surface area contributed by atoms with Crippen LogP contribution in [0.5, 0.6) is 0 Å². The van der Waals surface area contributed by atoms with Crippen LogP contribution < -0.4 is 16.4 Å². The zero-order chi connectivity index (χ0) is 14.1. The Morgan fingerprint density at radius 3 is 2.89 bits per heavy atom. The predicted molar refractivity (Wildman–Crippen MR) is 70.9 cm³/mol. The summed E-state index contributed by atoms with van der Waals surface area (Å²) in [5.74, 6) is -0.255. The van der Waals surface area contributed by atoms with Crippen LogP contribution >= 0.6 is 0 Å². The van der Waals surface area contributed by atoms with Crippen LogP contribution in [0, 0.1) is 0 Å². The molecule has 0 atom stereocenters. The van der Waals surface area contributed by atoms with Crippen molar-refractivity contribution in [2.75, 3.05) is 25.0 Å². The molecular weight excluding hydrogens is 248 g/mol. The van der Waals surface area contributed by atoms with Gasteiger partial charge in [0.1, 0.15) is 6.61 Å². The molecule has 7 nitrogen and oxygen atoms in total. The molecule has 0 aromatic carbocycles. The largest absolute Gasteiger partial charge is 0.448 e. The van der Waals surface area contributed by atoms with E-state index in [9.17, 15) is 9.59 Å². The van der Waals surface area contributed by atoms with E-state index in [0.717, 1.165) is 13.0 Å². The first-order chi connectivity index (χ1) is 9.15. The molecule has 0 saturated carbocycles. The molecule has 0 aliphatic rings. The highest BCUT2D eigenvalue weighted by atomic mass is 16.5. The molecular formula is C12H18N4O3. The number of primary amides is 1. The van der Waals surface area contributed by atoms with Gasteiger partial charge in [0.2, 0.25) is 0 Å². The number of anilines is 1. The molecule has 2 amide bonds. The Morgan fingerprint density at radius 2 is 2.21 bits per heavy atom. The highest BCUT2D eigenvalue weighted by molar-refractivity contribution is 5.99. The van der Waals surface area contributed by atoms with Gasteiger partial charge in [-0.05, 0) is 12.5 Å². The number of hydrogen-bond donors (Lipinski definition) is 3. The fourth-order valence-electron chi connectivity index (χ4n) is 1.40. The Labute approximate surface area is 111 Å². The van der Waals surface area contributed by atoms with Crippen molar-refractivity contribution in [1.29, 1.82) is 0 Å². The maximum Gasteiger partial charge on any atom is 0.404 e. The first kappa shape index (κ1) is 14.7. The van der Waals surface area contributed by atoms with E-state index in [1.54, 1.807) is 18.5 Å². The van der Waals surface area contributed by atoms with Crippen LogP contribution in [0.4, 0.5) is 10.5 Å². The van der Waals surface area contributed by atoms with E-state index in [4.69, 9.17) is 5.73 Å². The minimum atomic E-state index is -0.858. The van der Waals surface area contributed by atoms with Crippen molar-refractivity contribution in [2.24, 2.45) is 5.73 Å². The highest BCUT2D eigenvalue weighted by Gasteiger charge is 2.10. The van der Waals surface area contributed by atoms with Crippen molar-refractivity contribution < 1.29 is 14.3 Å². The number of nitrogens with one attached hydrogen (secondary N) is 2. The zero-order valence-corrected chi connectivity index (χ0v) is 10.8. The molecule has 19 heavy (non-hydrogen) atoms. The minimum absolute atomic E-state index is 0.0455. The van der Waals surface area contributed by atoms with Gasteiger partial charge in [0.05, 0.1) is 24.0 Å². The highest BCUT2D eigenvalue weighted by Crippen LogP contribution is 2.12. The van der Waals surface area contributed by atoms with Crippen molar-refractivity contribution in [2.45, 2.75) is 13.3 Å². The molecule has 0 bridgehead atoms. The minimum Gasteiger partial charge on any atom is -0.448 e. The Hall–Kier alpha value is -2.31. The molecule has 7 heteroatoms. The van der Waals surface area contributed by atoms with Gasteiger partial charge in [-0.2, -0.15) is 0 Å². The molecule has 0 saturated heterocycles. The first-order valence-corrected chi connectivity index (χ1v) is 6.03. The number of amides is 2. The summed E-state index contributed by atoms with van der Waals surface area (Å²) in [5.41, 5.74) is 5.99. The summed E-state index contributed by atoms with van der Waals surface area (Å²) < 4.78 is 4.52. The Kier molecular flexibility index (Phi) is 6.14. The van der Waals surface area contributed by atoms with Crippen LogP contribution in [0.1, 0.15) is 23.7 Å². The van der Waals surface area contributed by atoms with E-state index in [0.29, 0.717) is 11.3 Å². The van der Waals surface area contributed by atoms with Gasteiger partial charge in [-0.15, -0.1) is 0 Å². The van der Waals surface area contributed by atoms with Crippen LogP contribution in [0.25, 0.3) is 0 Å². The summed E-state index contributed by atoms with van der Waals surface area (Å²) in [6.45, 7) is 3.04. The summed E-state index contributed by atoms with van der Waals surface area (Å²) in [7, 11) is 0. The standard InChI is InChI=1S/C12H18N4O3/c1-2-4-15-10-8-14-5-3-9(10)11(17)16-6-7-19-12(13)18/h3,5,8,15H,2,4,6-7H2,1H3,(H2,13,18)(H,16,17). The number of nitrogens with two attached hydrogens (primary N) is 1. The van der Waals surface area contributed by atoms with Crippen LogP contribution in [-0.4, -0.2) is 36.7 Å². The van der Waals surface area contributed by atoms with Crippen molar-refractivity contribution >= 4 is 17.7 Å². The van der Waals surface area contributed by atoms with Crippen LogP contribution in [0.3, 0.4) is 0 Å². The second kappa shape index (κ2) is 7.91. The molecule has 0 fully saturated rings. The number of carbonyl (C=O) groups is 2. The van der Waals surface area contributed by atoms with Gasteiger partial charge in [0.25, 0.3) is 5.91 Å². The second-order valence-electron chi connectivity index (χ2n) is 3.77. The Morgan fingerprint density at radius 1 is 1.42 bits per heavy atom. The summed E-state index contributed by atoms with van der Waals surface area (Å²) >= 11 is 0. The number of hydrogen-bond acceptors (Lipinski definition) is 5. The third kappa shape index (κ3) is 5.24. The maximum atomic E-state index is 11.9. The third-order valence-electron chi connectivity index (χ3n) is 2.26. The zero-order valence-electron chi connectivity index (χ0n) is 10.8. The van der Waals surface area contributed by atoms with Crippen molar-refractivity contribution in [3.05, 3.63) is 24.0 Å². The average molecular weight is 266 g/mol. The van der Waals surface area contributed by atoms with Gasteiger partial charge < -0.3 is 21.1 Å². The Balaban J connectivity index is 2.53. The molecule has 0 unspecified atom stereocenters. The molecule has 4 N–H and O–H groups in total. The smallest absolute Gasteiger partial charge is 0.404 e. The van der Waals surface area contributed by atoms with Gasteiger partial charge in [0.15, 0.2) is 0 Å². The summed E-state index contributed by atoms with van der Waals surface area (Å²) in [4.78, 5) is 26.2. The van der Waals surface area contributed by atoms with E-state index in [1.165, 1.54) is 0 Å². The quantitative estimate of drug-likeness (QED) is 0.631. The number of carbonyl (C=O) groups excluding carboxylic acids is 2. The fraction of sp³-hybridized carbons (Fsp3) is 0.417. The molecule has 1 heterocycles. The number of nitrogens with zero attached hydrogens (tertiary/aromatic N) is 1. The molecule has 104 valence electrons. The monoisotopic (exact) mass is 266 g/mol. The van der Waals surface area contributed by atoms with Gasteiger partial charge in [-0.25, -0.2) is 4.79 Å². The van der Waals surface area contributed by atoms with E-state index < -0.39 is 6.09 Å². The summed E-state index contributed by atoms with van der Waals surface area (Å²) in [5, 5.41) is 5.76.